The van der Waals surface area contributed by atoms with Gasteiger partial charge in [-0.25, -0.2) is 4.79 Å². The van der Waals surface area contributed by atoms with Crippen molar-refractivity contribution in [2.24, 2.45) is 10.8 Å². The van der Waals surface area contributed by atoms with Gasteiger partial charge in [-0.05, 0) is 24.7 Å². The number of ether oxygens (including phenoxy) is 4. The normalized spacial score (nSPS) is 13.0. The van der Waals surface area contributed by atoms with Crippen LogP contribution < -0.4 is 0 Å². The molecule has 1 amide bonds. The molecule has 0 aromatic heterocycles. The Morgan fingerprint density at radius 3 is 1.70 bits per heavy atom. The lowest BCUT2D eigenvalue weighted by molar-refractivity contribution is -0.454. The van der Waals surface area contributed by atoms with Crippen molar-refractivity contribution in [1.82, 2.24) is 0 Å². The highest BCUT2D eigenvalue weighted by atomic mass is 16.5. The van der Waals surface area contributed by atoms with Crippen molar-refractivity contribution in [1.29, 1.82) is 0 Å². The largest absolute Gasteiger partial charge is 0.386 e. The zero-order valence-electron chi connectivity index (χ0n) is 30.0. The van der Waals surface area contributed by atoms with E-state index in [1.54, 1.807) is 11.7 Å². The Bertz CT molecular complexity index is 663. The summed E-state index contributed by atoms with van der Waals surface area (Å²) in [6, 6.07) is 0. The molecule has 0 aromatic carbocycles. The van der Waals surface area contributed by atoms with E-state index >= 15 is 0 Å². The van der Waals surface area contributed by atoms with Crippen LogP contribution in [0.15, 0.2) is 0 Å². The molecule has 43 heavy (non-hydrogen) atoms. The Hall–Kier alpha value is -0.820. The van der Waals surface area contributed by atoms with E-state index in [0.29, 0.717) is 46.0 Å². The topological polar surface area (TPSA) is 57.0 Å². The molecule has 6 nitrogen and oxygen atoms in total. The zero-order chi connectivity index (χ0) is 32.2. The standard InChI is InChI=1S/C37H74NO5/c1-9-11-13-15-17-19-21-23-27-41-30-34(43-28-24-22-20-18-16-14-12-10-2)29-38(7)35(39)25-26-36(3,4)32-42-33-37(5,6)31-40-8/h34H,7,9-33H2,1-6,8H3/q+1. The summed E-state index contributed by atoms with van der Waals surface area (Å²) in [7, 11) is 1.72. The van der Waals surface area contributed by atoms with Gasteiger partial charge in [0.05, 0.1) is 32.8 Å². The van der Waals surface area contributed by atoms with Gasteiger partial charge in [-0.2, -0.15) is 4.58 Å². The number of hydrogen-bond acceptors (Lipinski definition) is 5. The van der Waals surface area contributed by atoms with Gasteiger partial charge in [0.2, 0.25) is 0 Å². The molecule has 0 N–H and O–H groups in total. The molecular formula is C37H74NO5+. The van der Waals surface area contributed by atoms with Gasteiger partial charge in [0.1, 0.15) is 12.8 Å². The molecule has 0 radical (unpaired) electrons. The molecule has 256 valence electrons. The van der Waals surface area contributed by atoms with Crippen LogP contribution in [0, 0.1) is 10.8 Å². The van der Waals surface area contributed by atoms with Gasteiger partial charge >= 0.3 is 5.91 Å². The summed E-state index contributed by atoms with van der Waals surface area (Å²) in [6.45, 7) is 21.6. The molecule has 0 aliphatic rings. The van der Waals surface area contributed by atoms with Crippen molar-refractivity contribution in [2.75, 3.05) is 53.3 Å². The summed E-state index contributed by atoms with van der Waals surface area (Å²) >= 11 is 0. The van der Waals surface area contributed by atoms with Crippen molar-refractivity contribution < 1.29 is 28.3 Å². The molecule has 0 rings (SSSR count). The SMILES string of the molecule is C=[N+](CC(COCCCCCCCCCC)OCCCCCCCCCC)C(=O)CCC(C)(C)COCC(C)(C)COC. The highest BCUT2D eigenvalue weighted by molar-refractivity contribution is 5.69. The van der Waals surface area contributed by atoms with Gasteiger partial charge in [-0.3, -0.25) is 0 Å². The third-order valence-corrected chi connectivity index (χ3v) is 8.11. The fourth-order valence-electron chi connectivity index (χ4n) is 5.25. The molecule has 0 spiro atoms. The highest BCUT2D eigenvalue weighted by Gasteiger charge is 2.27. The summed E-state index contributed by atoms with van der Waals surface area (Å²) in [5, 5.41) is 0. The van der Waals surface area contributed by atoms with Crippen LogP contribution in [0.1, 0.15) is 157 Å². The van der Waals surface area contributed by atoms with E-state index in [0.717, 1.165) is 25.9 Å². The van der Waals surface area contributed by atoms with Gasteiger partial charge in [0.25, 0.3) is 0 Å². The second-order valence-electron chi connectivity index (χ2n) is 14.4. The predicted molar refractivity (Wildman–Crippen MR) is 183 cm³/mol. The van der Waals surface area contributed by atoms with Gasteiger partial charge in [0, 0.05) is 25.7 Å². The summed E-state index contributed by atoms with van der Waals surface area (Å²) in [5.74, 6) is 0.0524. The number of unbranched alkanes of at least 4 members (excludes halogenated alkanes) is 14. The number of nitrogens with zero attached hydrogens (tertiary/aromatic N) is 1. The summed E-state index contributed by atoms with van der Waals surface area (Å²) < 4.78 is 25.2. The van der Waals surface area contributed by atoms with Crippen molar-refractivity contribution in [3.63, 3.8) is 0 Å². The van der Waals surface area contributed by atoms with Crippen LogP contribution >= 0.6 is 0 Å². The summed E-state index contributed by atoms with van der Waals surface area (Å²) in [4.78, 5) is 13.0. The van der Waals surface area contributed by atoms with Crippen LogP contribution in [0.25, 0.3) is 0 Å². The molecule has 0 aromatic rings. The lowest BCUT2D eigenvalue weighted by Gasteiger charge is -2.28. The van der Waals surface area contributed by atoms with Crippen LogP contribution in [-0.4, -0.2) is 76.6 Å². The molecule has 1 unspecified atom stereocenters. The first kappa shape index (κ1) is 42.2. The van der Waals surface area contributed by atoms with E-state index in [2.05, 4.69) is 48.3 Å². The maximum Gasteiger partial charge on any atom is 0.386 e. The maximum absolute atomic E-state index is 13.0. The first-order valence-electron chi connectivity index (χ1n) is 17.9. The highest BCUT2D eigenvalue weighted by Crippen LogP contribution is 2.25. The van der Waals surface area contributed by atoms with Crippen molar-refractivity contribution in [3.05, 3.63) is 0 Å². The summed E-state index contributed by atoms with van der Waals surface area (Å²) in [5.41, 5.74) is -0.115. The average Bonchev–Trinajstić information content (AvgIpc) is 2.95. The molecule has 6 heteroatoms. The number of carbonyl (C=O) groups is 1. The first-order valence-corrected chi connectivity index (χ1v) is 17.9. The van der Waals surface area contributed by atoms with Crippen molar-refractivity contribution in [3.8, 4) is 0 Å². The quantitative estimate of drug-likeness (QED) is 0.0430. The maximum atomic E-state index is 13.0. The predicted octanol–water partition coefficient (Wildman–Crippen LogP) is 9.40. The molecule has 0 aliphatic carbocycles. The monoisotopic (exact) mass is 613 g/mol. The number of rotatable bonds is 32. The van der Waals surface area contributed by atoms with Gasteiger partial charge in [-0.1, -0.05) is 131 Å². The first-order chi connectivity index (χ1) is 20.6. The van der Waals surface area contributed by atoms with E-state index in [-0.39, 0.29) is 22.8 Å². The van der Waals surface area contributed by atoms with E-state index in [4.69, 9.17) is 18.9 Å². The Kier molecular flexibility index (Phi) is 27.0. The lowest BCUT2D eigenvalue weighted by atomic mass is 9.88. The molecule has 0 saturated heterocycles. The number of amides is 1. The van der Waals surface area contributed by atoms with Crippen molar-refractivity contribution >= 4 is 12.6 Å². The van der Waals surface area contributed by atoms with Gasteiger partial charge in [-0.15, -0.1) is 0 Å². The minimum atomic E-state index is -0.139. The van der Waals surface area contributed by atoms with Crippen LogP contribution in [0.5, 0.6) is 0 Å². The molecular weight excluding hydrogens is 538 g/mol. The lowest BCUT2D eigenvalue weighted by Crippen LogP contribution is -2.35. The van der Waals surface area contributed by atoms with E-state index in [1.165, 1.54) is 89.9 Å². The van der Waals surface area contributed by atoms with Crippen LogP contribution in [-0.2, 0) is 23.7 Å². The van der Waals surface area contributed by atoms with E-state index < -0.39 is 0 Å². The molecule has 0 bridgehead atoms. The number of methoxy groups -OCH3 is 1. The molecule has 1 atom stereocenters. The molecule has 0 fully saturated rings. The molecule has 0 heterocycles. The number of carbonyl (C=O) groups excluding carboxylic acids is 1. The zero-order valence-corrected chi connectivity index (χ0v) is 30.0. The average molecular weight is 613 g/mol. The smallest absolute Gasteiger partial charge is 0.384 e. The fraction of sp³-hybridized carbons (Fsp3) is 0.946. The third-order valence-electron chi connectivity index (χ3n) is 8.11. The summed E-state index contributed by atoms with van der Waals surface area (Å²) in [6.07, 6.45) is 21.6. The van der Waals surface area contributed by atoms with Gasteiger partial charge in [0.15, 0.2) is 6.54 Å². The second-order valence-corrected chi connectivity index (χ2v) is 14.4. The van der Waals surface area contributed by atoms with E-state index in [9.17, 15) is 4.79 Å². The Balaban J connectivity index is 4.54. The number of hydrogen-bond donors (Lipinski definition) is 0. The Labute approximate surface area is 268 Å². The van der Waals surface area contributed by atoms with Gasteiger partial charge < -0.3 is 18.9 Å². The Morgan fingerprint density at radius 1 is 0.674 bits per heavy atom. The second kappa shape index (κ2) is 27.5. The fourth-order valence-corrected chi connectivity index (χ4v) is 5.25. The minimum Gasteiger partial charge on any atom is -0.384 e. The van der Waals surface area contributed by atoms with Crippen LogP contribution in [0.2, 0.25) is 0 Å². The van der Waals surface area contributed by atoms with E-state index in [1.807, 2.05) is 0 Å². The van der Waals surface area contributed by atoms with Crippen LogP contribution in [0.4, 0.5) is 0 Å². The van der Waals surface area contributed by atoms with Crippen molar-refractivity contribution in [2.45, 2.75) is 163 Å². The molecule has 0 aliphatic heterocycles. The molecule has 0 saturated carbocycles. The third kappa shape index (κ3) is 27.2. The van der Waals surface area contributed by atoms with Crippen LogP contribution in [0.3, 0.4) is 0 Å². The Morgan fingerprint density at radius 2 is 1.16 bits per heavy atom. The minimum absolute atomic E-state index is 0.0231.